The Bertz CT molecular complexity index is 3670. The van der Waals surface area contributed by atoms with Crippen LogP contribution in [0.4, 0.5) is 0 Å². The zero-order chi connectivity index (χ0) is 43.6. The molecule has 0 aliphatic heterocycles. The van der Waals surface area contributed by atoms with E-state index in [0.717, 1.165) is 61.6 Å². The monoisotopic (exact) mass is 832 g/mol. The normalized spacial score (nSPS) is 11.6. The van der Waals surface area contributed by atoms with E-state index in [4.69, 9.17) is 9.97 Å². The number of nitrogens with zero attached hydrogens (tertiary/aromatic N) is 4. The molecule has 0 saturated carbocycles. The maximum atomic E-state index is 5.32. The highest BCUT2D eigenvalue weighted by molar-refractivity contribution is 6.12. The Labute approximate surface area is 378 Å². The van der Waals surface area contributed by atoms with Crippen LogP contribution in [0.3, 0.4) is 0 Å². The number of hydrogen-bond acceptors (Lipinski definition) is 2. The van der Waals surface area contributed by atoms with Crippen molar-refractivity contribution in [1.29, 1.82) is 0 Å². The fourth-order valence-corrected chi connectivity index (χ4v) is 10.3. The number of hydrogen-bond donors (Lipinski definition) is 0. The van der Waals surface area contributed by atoms with Crippen molar-refractivity contribution < 1.29 is 0 Å². The van der Waals surface area contributed by atoms with E-state index in [1.54, 1.807) is 0 Å². The summed E-state index contributed by atoms with van der Waals surface area (Å²) in [7, 11) is 0. The van der Waals surface area contributed by atoms with Gasteiger partial charge in [-0.15, -0.1) is 0 Å². The van der Waals surface area contributed by atoms with Gasteiger partial charge in [0.15, 0.2) is 5.82 Å². The third-order valence-electron chi connectivity index (χ3n) is 13.0. The van der Waals surface area contributed by atoms with Gasteiger partial charge in [0, 0.05) is 49.4 Å². The van der Waals surface area contributed by atoms with Gasteiger partial charge in [-0.2, -0.15) is 0 Å². The lowest BCUT2D eigenvalue weighted by Gasteiger charge is -2.20. The van der Waals surface area contributed by atoms with Crippen LogP contribution in [0.1, 0.15) is 16.7 Å². The fraction of sp³-hybridized carbons (Fsp3) is 0.0492. The first-order chi connectivity index (χ1) is 32.0. The average Bonchev–Trinajstić information content (AvgIpc) is 3.86. The average molecular weight is 833 g/mol. The van der Waals surface area contributed by atoms with E-state index in [9.17, 15) is 0 Å². The number of fused-ring (bicyclic) bond motifs is 6. The lowest BCUT2D eigenvalue weighted by Crippen LogP contribution is -2.02. The van der Waals surface area contributed by atoms with Crippen molar-refractivity contribution in [3.05, 3.63) is 229 Å². The minimum absolute atomic E-state index is 0.690. The molecular weight excluding hydrogens is 789 g/mol. The second kappa shape index (κ2) is 15.5. The highest BCUT2D eigenvalue weighted by atomic mass is 15.0. The van der Waals surface area contributed by atoms with Crippen LogP contribution in [0.2, 0.25) is 0 Å². The SMILES string of the molecule is Cc1cc(C)c(-c2ccc3c(c2)c2ccccc2n3-c2ccc(-c3cc(-c4ccccc4)nc(-c4ccccc4)n3)cc2-c2ccccc2-n2c3ccccc3c3ccccc32)c(C)c1. The molecule has 3 heterocycles. The van der Waals surface area contributed by atoms with E-state index < -0.39 is 0 Å². The van der Waals surface area contributed by atoms with Crippen molar-refractivity contribution in [3.8, 4) is 67.5 Å². The smallest absolute Gasteiger partial charge is 0.160 e. The predicted octanol–water partition coefficient (Wildman–Crippen LogP) is 15.9. The van der Waals surface area contributed by atoms with Gasteiger partial charge in [-0.1, -0.05) is 163 Å². The Morgan fingerprint density at radius 1 is 0.323 bits per heavy atom. The number of aromatic nitrogens is 4. The molecule has 0 saturated heterocycles. The number of aryl methyl sites for hydroxylation is 3. The highest BCUT2D eigenvalue weighted by Crippen LogP contribution is 2.43. The Morgan fingerprint density at radius 3 is 1.43 bits per heavy atom. The first-order valence-corrected chi connectivity index (χ1v) is 22.3. The van der Waals surface area contributed by atoms with Gasteiger partial charge in [-0.3, -0.25) is 0 Å². The van der Waals surface area contributed by atoms with Crippen molar-refractivity contribution in [2.24, 2.45) is 0 Å². The van der Waals surface area contributed by atoms with Crippen LogP contribution in [0.5, 0.6) is 0 Å². The summed E-state index contributed by atoms with van der Waals surface area (Å²) in [5, 5.41) is 4.89. The number of para-hydroxylation sites is 4. The summed E-state index contributed by atoms with van der Waals surface area (Å²) < 4.78 is 4.91. The molecule has 0 bridgehead atoms. The van der Waals surface area contributed by atoms with E-state index in [1.807, 2.05) is 24.3 Å². The fourth-order valence-electron chi connectivity index (χ4n) is 10.3. The largest absolute Gasteiger partial charge is 0.309 e. The number of benzene rings is 9. The van der Waals surface area contributed by atoms with Gasteiger partial charge in [0.1, 0.15) is 0 Å². The molecule has 12 rings (SSSR count). The Kier molecular flexibility index (Phi) is 9.13. The van der Waals surface area contributed by atoms with E-state index in [2.05, 4.69) is 218 Å². The second-order valence-corrected chi connectivity index (χ2v) is 17.2. The topological polar surface area (TPSA) is 35.6 Å². The molecule has 0 unspecified atom stereocenters. The lowest BCUT2D eigenvalue weighted by molar-refractivity contribution is 1.16. The van der Waals surface area contributed by atoms with Crippen molar-refractivity contribution in [3.63, 3.8) is 0 Å². The van der Waals surface area contributed by atoms with Gasteiger partial charge in [0.2, 0.25) is 0 Å². The van der Waals surface area contributed by atoms with Crippen LogP contribution in [-0.2, 0) is 0 Å². The molecule has 308 valence electrons. The van der Waals surface area contributed by atoms with Gasteiger partial charge in [-0.25, -0.2) is 9.97 Å². The van der Waals surface area contributed by atoms with E-state index in [0.29, 0.717) is 5.82 Å². The van der Waals surface area contributed by atoms with Gasteiger partial charge >= 0.3 is 0 Å². The first-order valence-electron chi connectivity index (χ1n) is 22.3. The Morgan fingerprint density at radius 2 is 0.800 bits per heavy atom. The Balaban J connectivity index is 1.15. The molecule has 12 aromatic rings. The molecule has 65 heavy (non-hydrogen) atoms. The lowest BCUT2D eigenvalue weighted by atomic mass is 9.93. The summed E-state index contributed by atoms with van der Waals surface area (Å²) in [4.78, 5) is 10.5. The quantitative estimate of drug-likeness (QED) is 0.160. The first kappa shape index (κ1) is 38.3. The molecule has 0 N–H and O–H groups in total. The van der Waals surface area contributed by atoms with Crippen LogP contribution >= 0.6 is 0 Å². The Hall–Kier alpha value is -8.34. The minimum atomic E-state index is 0.690. The van der Waals surface area contributed by atoms with Crippen LogP contribution in [0.25, 0.3) is 111 Å². The summed E-state index contributed by atoms with van der Waals surface area (Å²) in [6.07, 6.45) is 0. The summed E-state index contributed by atoms with van der Waals surface area (Å²) in [6.45, 7) is 6.64. The molecule has 0 aliphatic carbocycles. The van der Waals surface area contributed by atoms with Crippen LogP contribution < -0.4 is 0 Å². The molecule has 4 heteroatoms. The molecule has 0 fully saturated rings. The third-order valence-corrected chi connectivity index (χ3v) is 13.0. The van der Waals surface area contributed by atoms with Gasteiger partial charge in [-0.05, 0) is 97.6 Å². The van der Waals surface area contributed by atoms with E-state index in [1.165, 1.54) is 60.4 Å². The predicted molar refractivity (Wildman–Crippen MR) is 272 cm³/mol. The maximum Gasteiger partial charge on any atom is 0.160 e. The van der Waals surface area contributed by atoms with Crippen LogP contribution in [-0.4, -0.2) is 19.1 Å². The molecule has 9 aromatic carbocycles. The second-order valence-electron chi connectivity index (χ2n) is 17.2. The molecule has 0 amide bonds. The molecule has 0 aliphatic rings. The van der Waals surface area contributed by atoms with Crippen LogP contribution in [0.15, 0.2) is 212 Å². The molecular formula is C61H44N4. The summed E-state index contributed by atoms with van der Waals surface area (Å²) in [5.74, 6) is 0.690. The van der Waals surface area contributed by atoms with E-state index in [-0.39, 0.29) is 0 Å². The highest BCUT2D eigenvalue weighted by Gasteiger charge is 2.22. The molecule has 0 atom stereocenters. The minimum Gasteiger partial charge on any atom is -0.309 e. The summed E-state index contributed by atoms with van der Waals surface area (Å²) in [5.41, 5.74) is 20.2. The molecule has 4 nitrogen and oxygen atoms in total. The molecule has 0 spiro atoms. The van der Waals surface area contributed by atoms with Crippen molar-refractivity contribution in [1.82, 2.24) is 19.1 Å². The summed E-state index contributed by atoms with van der Waals surface area (Å²) in [6, 6.07) is 76.5. The maximum absolute atomic E-state index is 5.32. The van der Waals surface area contributed by atoms with Crippen LogP contribution in [0, 0.1) is 20.8 Å². The zero-order valence-electron chi connectivity index (χ0n) is 36.5. The molecule has 3 aromatic heterocycles. The van der Waals surface area contributed by atoms with Crippen molar-refractivity contribution in [2.75, 3.05) is 0 Å². The number of rotatable bonds is 7. The van der Waals surface area contributed by atoms with Gasteiger partial charge in [0.25, 0.3) is 0 Å². The standard InChI is InChI=1S/C61H44N4/c1-39-34-40(2)60(41(3)35-39)45-31-33-59-51(37-45)49-25-13-17-29-57(49)65(59)58-32-30-44(53-38-52(42-18-6-4-7-19-42)62-61(63-53)43-20-8-5-9-21-43)36-50(58)48-24-12-16-28-56(48)64-54-26-14-10-22-46(54)47-23-11-15-27-55(47)64/h4-38H,1-3H3. The van der Waals surface area contributed by atoms with Crippen molar-refractivity contribution >= 4 is 43.6 Å². The third kappa shape index (κ3) is 6.45. The van der Waals surface area contributed by atoms with Gasteiger partial charge in [0.05, 0.1) is 44.8 Å². The zero-order valence-corrected chi connectivity index (χ0v) is 36.5. The molecule has 0 radical (unpaired) electrons. The van der Waals surface area contributed by atoms with Crippen molar-refractivity contribution in [2.45, 2.75) is 20.8 Å². The van der Waals surface area contributed by atoms with Gasteiger partial charge < -0.3 is 9.13 Å². The van der Waals surface area contributed by atoms with E-state index >= 15 is 0 Å². The summed E-state index contributed by atoms with van der Waals surface area (Å²) >= 11 is 0.